The molecule has 1 saturated heterocycles. The van der Waals surface area contributed by atoms with Gasteiger partial charge in [0.25, 0.3) is 5.91 Å². The molecule has 1 amide bonds. The number of likely N-dealkylation sites (tertiary alicyclic amines) is 1. The Labute approximate surface area is 161 Å². The molecule has 27 heavy (non-hydrogen) atoms. The van der Waals surface area contributed by atoms with Crippen LogP contribution in [0.25, 0.3) is 0 Å². The maximum absolute atomic E-state index is 12.5. The molecule has 1 atom stereocenters. The summed E-state index contributed by atoms with van der Waals surface area (Å²) in [6, 6.07) is 15.4. The minimum Gasteiger partial charge on any atom is -0.497 e. The number of rotatable bonds is 5. The number of nitrogens with zero attached hydrogens (tertiary/aromatic N) is 1. The lowest BCUT2D eigenvalue weighted by atomic mass is 9.79. The van der Waals surface area contributed by atoms with Gasteiger partial charge in [-0.3, -0.25) is 9.69 Å². The molecular formula is C22H29N3O2. The molecule has 1 aliphatic heterocycles. The quantitative estimate of drug-likeness (QED) is 0.849. The van der Waals surface area contributed by atoms with Crippen LogP contribution >= 0.6 is 0 Å². The van der Waals surface area contributed by atoms with Gasteiger partial charge in [-0.2, -0.15) is 0 Å². The highest BCUT2D eigenvalue weighted by atomic mass is 16.5. The minimum atomic E-state index is -0.125. The van der Waals surface area contributed by atoms with Crippen LogP contribution in [0.2, 0.25) is 0 Å². The standard InChI is InChI=1S/C22H29N3O2/c1-22(2)15-25(12-11-20(22)23)14-16-5-4-6-18(13-16)24-21(26)17-7-9-19(27-3)10-8-17/h4-10,13,20H,11-12,14-15,23H2,1-3H3,(H,24,26). The lowest BCUT2D eigenvalue weighted by Gasteiger charge is -2.42. The molecular weight excluding hydrogens is 338 g/mol. The number of benzene rings is 2. The van der Waals surface area contributed by atoms with Crippen LogP contribution in [-0.4, -0.2) is 37.0 Å². The van der Waals surface area contributed by atoms with E-state index in [1.165, 1.54) is 5.56 Å². The van der Waals surface area contributed by atoms with Gasteiger partial charge in [0.2, 0.25) is 0 Å². The molecule has 0 saturated carbocycles. The molecule has 5 nitrogen and oxygen atoms in total. The summed E-state index contributed by atoms with van der Waals surface area (Å²) in [6.45, 7) is 7.32. The summed E-state index contributed by atoms with van der Waals surface area (Å²) in [7, 11) is 1.61. The lowest BCUT2D eigenvalue weighted by molar-refractivity contribution is 0.0899. The number of amides is 1. The number of hydrogen-bond donors (Lipinski definition) is 2. The van der Waals surface area contributed by atoms with Gasteiger partial charge in [0.15, 0.2) is 0 Å². The third-order valence-electron chi connectivity index (χ3n) is 5.33. The predicted octanol–water partition coefficient (Wildman–Crippen LogP) is 3.51. The molecule has 0 aromatic heterocycles. The number of nitrogens with two attached hydrogens (primary N) is 1. The van der Waals surface area contributed by atoms with Gasteiger partial charge in [0.05, 0.1) is 7.11 Å². The third kappa shape index (κ3) is 4.87. The van der Waals surface area contributed by atoms with Gasteiger partial charge < -0.3 is 15.8 Å². The monoisotopic (exact) mass is 367 g/mol. The molecule has 144 valence electrons. The second-order valence-electron chi connectivity index (χ2n) is 7.98. The zero-order valence-electron chi connectivity index (χ0n) is 16.4. The van der Waals surface area contributed by atoms with Crippen molar-refractivity contribution in [3.05, 3.63) is 59.7 Å². The summed E-state index contributed by atoms with van der Waals surface area (Å²) in [5.41, 5.74) is 8.96. The van der Waals surface area contributed by atoms with Crippen molar-refractivity contribution in [3.63, 3.8) is 0 Å². The Morgan fingerprint density at radius 3 is 2.67 bits per heavy atom. The Morgan fingerprint density at radius 1 is 1.26 bits per heavy atom. The van der Waals surface area contributed by atoms with Crippen LogP contribution in [0.4, 0.5) is 5.69 Å². The van der Waals surface area contributed by atoms with E-state index in [-0.39, 0.29) is 17.4 Å². The van der Waals surface area contributed by atoms with Gasteiger partial charge >= 0.3 is 0 Å². The van der Waals surface area contributed by atoms with Gasteiger partial charge in [-0.25, -0.2) is 0 Å². The number of carbonyl (C=O) groups excluding carboxylic acids is 1. The molecule has 1 fully saturated rings. The number of hydrogen-bond acceptors (Lipinski definition) is 4. The van der Waals surface area contributed by atoms with Crippen LogP contribution in [0.1, 0.15) is 36.2 Å². The molecule has 5 heteroatoms. The Balaban J connectivity index is 1.64. The SMILES string of the molecule is COc1ccc(C(=O)Nc2cccc(CN3CCC(N)C(C)(C)C3)c2)cc1. The van der Waals surface area contributed by atoms with Crippen molar-refractivity contribution >= 4 is 11.6 Å². The zero-order chi connectivity index (χ0) is 19.4. The number of nitrogens with one attached hydrogen (secondary N) is 1. The van der Waals surface area contributed by atoms with E-state index in [4.69, 9.17) is 10.5 Å². The highest BCUT2D eigenvalue weighted by Crippen LogP contribution is 2.28. The summed E-state index contributed by atoms with van der Waals surface area (Å²) in [5, 5.41) is 2.98. The van der Waals surface area contributed by atoms with Crippen LogP contribution in [0.15, 0.2) is 48.5 Å². The van der Waals surface area contributed by atoms with E-state index in [2.05, 4.69) is 30.1 Å². The average molecular weight is 367 g/mol. The zero-order valence-corrected chi connectivity index (χ0v) is 16.4. The fourth-order valence-electron chi connectivity index (χ4n) is 3.57. The smallest absolute Gasteiger partial charge is 0.255 e. The molecule has 1 aliphatic rings. The van der Waals surface area contributed by atoms with Crippen molar-refractivity contribution in [1.29, 1.82) is 0 Å². The Kier molecular flexibility index (Phi) is 5.82. The number of ether oxygens (including phenoxy) is 1. The van der Waals surface area contributed by atoms with Crippen LogP contribution in [0, 0.1) is 5.41 Å². The van der Waals surface area contributed by atoms with Crippen molar-refractivity contribution in [2.45, 2.75) is 32.9 Å². The summed E-state index contributed by atoms with van der Waals surface area (Å²) in [4.78, 5) is 14.9. The highest BCUT2D eigenvalue weighted by molar-refractivity contribution is 6.04. The maximum Gasteiger partial charge on any atom is 0.255 e. The normalized spacial score (nSPS) is 19.5. The molecule has 2 aromatic carbocycles. The first-order valence-electron chi connectivity index (χ1n) is 9.40. The summed E-state index contributed by atoms with van der Waals surface area (Å²) < 4.78 is 5.13. The molecule has 0 radical (unpaired) electrons. The lowest BCUT2D eigenvalue weighted by Crippen LogP contribution is -2.52. The van der Waals surface area contributed by atoms with Crippen molar-refractivity contribution in [1.82, 2.24) is 4.90 Å². The van der Waals surface area contributed by atoms with E-state index in [0.29, 0.717) is 5.56 Å². The summed E-state index contributed by atoms with van der Waals surface area (Å²) >= 11 is 0. The van der Waals surface area contributed by atoms with Gasteiger partial charge in [-0.1, -0.05) is 26.0 Å². The molecule has 2 aromatic rings. The Bertz CT molecular complexity index is 786. The van der Waals surface area contributed by atoms with Gasteiger partial charge in [-0.05, 0) is 53.8 Å². The van der Waals surface area contributed by atoms with E-state index in [9.17, 15) is 4.79 Å². The summed E-state index contributed by atoms with van der Waals surface area (Å²) in [5.74, 6) is 0.609. The van der Waals surface area contributed by atoms with E-state index in [0.717, 1.165) is 37.5 Å². The van der Waals surface area contributed by atoms with Crippen LogP contribution in [0.5, 0.6) is 5.75 Å². The van der Waals surface area contributed by atoms with Gasteiger partial charge in [0, 0.05) is 36.9 Å². The molecule has 0 aliphatic carbocycles. The minimum absolute atomic E-state index is 0.123. The molecule has 3 N–H and O–H groups in total. The number of methoxy groups -OCH3 is 1. The molecule has 0 bridgehead atoms. The van der Waals surface area contributed by atoms with Crippen molar-refractivity contribution in [2.24, 2.45) is 11.1 Å². The molecule has 1 unspecified atom stereocenters. The average Bonchev–Trinajstić information content (AvgIpc) is 2.65. The van der Waals surface area contributed by atoms with Crippen LogP contribution in [-0.2, 0) is 6.54 Å². The number of anilines is 1. The van der Waals surface area contributed by atoms with Crippen LogP contribution in [0.3, 0.4) is 0 Å². The summed E-state index contributed by atoms with van der Waals surface area (Å²) in [6.07, 6.45) is 1.01. The van der Waals surface area contributed by atoms with Crippen molar-refractivity contribution < 1.29 is 9.53 Å². The van der Waals surface area contributed by atoms with E-state index >= 15 is 0 Å². The van der Waals surface area contributed by atoms with E-state index in [1.54, 1.807) is 31.4 Å². The Hall–Kier alpha value is -2.37. The first kappa shape index (κ1) is 19.4. The van der Waals surface area contributed by atoms with Gasteiger partial charge in [-0.15, -0.1) is 0 Å². The largest absolute Gasteiger partial charge is 0.497 e. The fourth-order valence-corrected chi connectivity index (χ4v) is 3.57. The molecule has 3 rings (SSSR count). The first-order valence-corrected chi connectivity index (χ1v) is 9.40. The van der Waals surface area contributed by atoms with E-state index in [1.807, 2.05) is 18.2 Å². The highest BCUT2D eigenvalue weighted by Gasteiger charge is 2.33. The van der Waals surface area contributed by atoms with Crippen molar-refractivity contribution in [3.8, 4) is 5.75 Å². The van der Waals surface area contributed by atoms with Gasteiger partial charge in [0.1, 0.15) is 5.75 Å². The topological polar surface area (TPSA) is 67.6 Å². The number of carbonyl (C=O) groups is 1. The van der Waals surface area contributed by atoms with Crippen molar-refractivity contribution in [2.75, 3.05) is 25.5 Å². The van der Waals surface area contributed by atoms with E-state index < -0.39 is 0 Å². The Morgan fingerprint density at radius 2 is 2.00 bits per heavy atom. The second kappa shape index (κ2) is 8.11. The van der Waals surface area contributed by atoms with Crippen LogP contribution < -0.4 is 15.8 Å². The molecule has 0 spiro atoms. The second-order valence-corrected chi connectivity index (χ2v) is 7.98. The predicted molar refractivity (Wildman–Crippen MR) is 109 cm³/mol. The molecule has 1 heterocycles. The number of piperidine rings is 1. The fraction of sp³-hybridized carbons (Fsp3) is 0.409. The first-order chi connectivity index (χ1) is 12.9. The third-order valence-corrected chi connectivity index (χ3v) is 5.33. The maximum atomic E-state index is 12.5.